The third-order valence-corrected chi connectivity index (χ3v) is 9.43. The number of thioether (sulfide) groups is 1. The number of aliphatic carboxylic acids is 1. The molecule has 0 bridgehead atoms. The van der Waals surface area contributed by atoms with E-state index in [1.807, 2.05) is 11.3 Å². The minimum Gasteiger partial charge on any atom is -0.480 e. The van der Waals surface area contributed by atoms with E-state index in [9.17, 15) is 9.90 Å². The van der Waals surface area contributed by atoms with Gasteiger partial charge in [-0.3, -0.25) is 15.1 Å². The van der Waals surface area contributed by atoms with E-state index in [1.165, 1.54) is 48.0 Å². The Morgan fingerprint density at radius 2 is 2.00 bits per heavy atom. The highest BCUT2D eigenvalue weighted by Crippen LogP contribution is 2.53. The van der Waals surface area contributed by atoms with Crippen molar-refractivity contribution in [3.63, 3.8) is 0 Å². The number of hydrogen-bond acceptors (Lipinski definition) is 6. The molecule has 1 unspecified atom stereocenters. The molecule has 3 aliphatic carbocycles. The second kappa shape index (κ2) is 6.41. The second-order valence-electron chi connectivity index (χ2n) is 7.69. The molecular formula is C18H22BrN3O2S2. The Labute approximate surface area is 169 Å². The van der Waals surface area contributed by atoms with Gasteiger partial charge in [-0.1, -0.05) is 24.6 Å². The first kappa shape index (κ1) is 17.4. The third kappa shape index (κ3) is 2.71. The quantitative estimate of drug-likeness (QED) is 0.512. The zero-order valence-corrected chi connectivity index (χ0v) is 17.7. The van der Waals surface area contributed by atoms with Gasteiger partial charge in [0.2, 0.25) is 0 Å². The van der Waals surface area contributed by atoms with E-state index in [4.69, 9.17) is 0 Å². The van der Waals surface area contributed by atoms with Gasteiger partial charge in [0.05, 0.1) is 0 Å². The summed E-state index contributed by atoms with van der Waals surface area (Å²) in [6.45, 7) is 0. The van der Waals surface area contributed by atoms with Gasteiger partial charge < -0.3 is 5.11 Å². The molecule has 2 fully saturated rings. The van der Waals surface area contributed by atoms with Gasteiger partial charge in [-0.2, -0.15) is 5.10 Å². The number of thiophene rings is 1. The fraction of sp³-hybridized carbons (Fsp3) is 0.667. The fourth-order valence-corrected chi connectivity index (χ4v) is 8.16. The number of carbonyl (C=O) groups is 1. The summed E-state index contributed by atoms with van der Waals surface area (Å²) in [5, 5.41) is 16.3. The molecule has 1 aromatic rings. The lowest BCUT2D eigenvalue weighted by molar-refractivity contribution is -0.139. The van der Waals surface area contributed by atoms with Gasteiger partial charge in [0.15, 0.2) is 10.2 Å². The summed E-state index contributed by atoms with van der Waals surface area (Å²) in [6, 6.07) is 0. The van der Waals surface area contributed by atoms with E-state index >= 15 is 0 Å². The summed E-state index contributed by atoms with van der Waals surface area (Å²) in [7, 11) is 0. The van der Waals surface area contributed by atoms with Crippen LogP contribution in [0.1, 0.15) is 66.9 Å². The molecule has 1 aliphatic heterocycles. The van der Waals surface area contributed by atoms with Crippen molar-refractivity contribution in [2.24, 2.45) is 5.10 Å². The van der Waals surface area contributed by atoms with Crippen LogP contribution >= 0.6 is 39.0 Å². The Bertz CT molecular complexity index is 784. The number of amidine groups is 1. The molecule has 0 spiro atoms. The topological polar surface area (TPSA) is 64.9 Å². The molecule has 8 heteroatoms. The summed E-state index contributed by atoms with van der Waals surface area (Å²) in [6.07, 6.45) is 9.62. The van der Waals surface area contributed by atoms with Crippen LogP contribution in [0, 0.1) is 0 Å². The lowest BCUT2D eigenvalue weighted by Crippen LogP contribution is -2.39. The number of alkyl halides is 1. The van der Waals surface area contributed by atoms with Crippen molar-refractivity contribution in [2.75, 3.05) is 4.90 Å². The number of halogens is 1. The molecule has 140 valence electrons. The highest BCUT2D eigenvalue weighted by atomic mass is 79.9. The molecule has 0 saturated heterocycles. The predicted octanol–water partition coefficient (Wildman–Crippen LogP) is 4.60. The van der Waals surface area contributed by atoms with Crippen LogP contribution in [0.5, 0.6) is 0 Å². The van der Waals surface area contributed by atoms with Crippen molar-refractivity contribution in [1.29, 1.82) is 0 Å². The molecule has 5 nitrogen and oxygen atoms in total. The number of anilines is 1. The molecule has 2 N–H and O–H groups in total. The van der Waals surface area contributed by atoms with E-state index in [0.717, 1.165) is 43.2 Å². The van der Waals surface area contributed by atoms with E-state index in [2.05, 4.69) is 31.4 Å². The molecule has 0 aromatic carbocycles. The molecule has 1 atom stereocenters. The average molecular weight is 456 g/mol. The number of nitrogens with zero attached hydrogens (tertiary/aromatic N) is 2. The van der Waals surface area contributed by atoms with Gasteiger partial charge in [0.25, 0.3) is 0 Å². The summed E-state index contributed by atoms with van der Waals surface area (Å²) >= 11 is 7.07. The van der Waals surface area contributed by atoms with Crippen LogP contribution in [-0.4, -0.2) is 26.1 Å². The van der Waals surface area contributed by atoms with Crippen molar-refractivity contribution in [1.82, 2.24) is 5.43 Å². The Balaban J connectivity index is 1.49. The van der Waals surface area contributed by atoms with Gasteiger partial charge >= 0.3 is 5.97 Å². The van der Waals surface area contributed by atoms with Crippen molar-refractivity contribution in [2.45, 2.75) is 73.5 Å². The molecule has 0 radical (unpaired) electrons. The average Bonchev–Trinajstić information content (AvgIpc) is 2.99. The van der Waals surface area contributed by atoms with E-state index < -0.39 is 10.7 Å². The maximum atomic E-state index is 12.0. The highest BCUT2D eigenvalue weighted by Gasteiger charge is 2.47. The van der Waals surface area contributed by atoms with Crippen LogP contribution < -0.4 is 10.3 Å². The maximum absolute atomic E-state index is 12.0. The van der Waals surface area contributed by atoms with Crippen LogP contribution in [0.2, 0.25) is 0 Å². The van der Waals surface area contributed by atoms with Crippen LogP contribution in [0.15, 0.2) is 5.10 Å². The molecule has 0 amide bonds. The number of carboxylic acids is 1. The van der Waals surface area contributed by atoms with Gasteiger partial charge in [0.1, 0.15) is 9.75 Å². The van der Waals surface area contributed by atoms with Gasteiger partial charge in [-0.15, -0.1) is 11.3 Å². The molecular weight excluding hydrogens is 434 g/mol. The van der Waals surface area contributed by atoms with Gasteiger partial charge in [-0.05, 0) is 77.9 Å². The SMILES string of the molecule is O=C(O)C1(SC2=NNC(Br)N2c2sc(C3CC3)c3c2CCC3)CCCC1. The predicted molar refractivity (Wildman–Crippen MR) is 111 cm³/mol. The third-order valence-electron chi connectivity index (χ3n) is 5.93. The van der Waals surface area contributed by atoms with Gasteiger partial charge in [0, 0.05) is 4.88 Å². The number of hydrogen-bond donors (Lipinski definition) is 2. The van der Waals surface area contributed by atoms with Crippen molar-refractivity contribution in [3.8, 4) is 0 Å². The zero-order chi connectivity index (χ0) is 17.9. The number of nitrogens with one attached hydrogen (secondary N) is 1. The van der Waals surface area contributed by atoms with Crippen LogP contribution in [0.3, 0.4) is 0 Å². The Morgan fingerprint density at radius 1 is 1.27 bits per heavy atom. The Morgan fingerprint density at radius 3 is 2.69 bits per heavy atom. The summed E-state index contributed by atoms with van der Waals surface area (Å²) < 4.78 is -0.727. The molecule has 26 heavy (non-hydrogen) atoms. The van der Waals surface area contributed by atoms with Crippen LogP contribution in [-0.2, 0) is 17.6 Å². The molecule has 4 aliphatic rings. The monoisotopic (exact) mass is 455 g/mol. The standard InChI is InChI=1S/C18H22BrN3O2S2/c19-16-20-21-17(26-18(15(23)24)8-1-2-9-18)22(16)14-12-5-3-4-11(12)13(25-14)10-6-7-10/h10,16,20H,1-9H2,(H,23,24). The number of carboxylic acid groups (broad SMARTS) is 1. The minimum atomic E-state index is -0.727. The smallest absolute Gasteiger partial charge is 0.320 e. The molecule has 5 rings (SSSR count). The molecule has 2 heterocycles. The van der Waals surface area contributed by atoms with Crippen LogP contribution in [0.25, 0.3) is 0 Å². The number of fused-ring (bicyclic) bond motifs is 1. The normalized spacial score (nSPS) is 26.7. The first-order valence-corrected chi connectivity index (χ1v) is 12.0. The summed E-state index contributed by atoms with van der Waals surface area (Å²) in [5.41, 5.74) is 6.18. The summed E-state index contributed by atoms with van der Waals surface area (Å²) in [5.74, 6) is 0.0638. The molecule has 2 saturated carbocycles. The Kier molecular flexibility index (Phi) is 4.29. The second-order valence-corrected chi connectivity index (χ2v) is 10.9. The zero-order valence-electron chi connectivity index (χ0n) is 14.5. The lowest BCUT2D eigenvalue weighted by Gasteiger charge is -2.28. The lowest BCUT2D eigenvalue weighted by atomic mass is 10.1. The highest BCUT2D eigenvalue weighted by molar-refractivity contribution is 9.09. The van der Waals surface area contributed by atoms with Crippen molar-refractivity contribution >= 4 is 55.2 Å². The fourth-order valence-electron chi connectivity index (χ4n) is 4.41. The van der Waals surface area contributed by atoms with Crippen molar-refractivity contribution < 1.29 is 9.90 Å². The van der Waals surface area contributed by atoms with Crippen molar-refractivity contribution in [3.05, 3.63) is 16.0 Å². The van der Waals surface area contributed by atoms with Gasteiger partial charge in [-0.25, -0.2) is 0 Å². The molecule has 1 aromatic heterocycles. The summed E-state index contributed by atoms with van der Waals surface area (Å²) in [4.78, 5) is 15.8. The first-order valence-electron chi connectivity index (χ1n) is 9.42. The van der Waals surface area contributed by atoms with E-state index in [1.54, 1.807) is 10.4 Å². The Hall–Kier alpha value is -0.730. The van der Waals surface area contributed by atoms with Crippen LogP contribution in [0.4, 0.5) is 5.00 Å². The van der Waals surface area contributed by atoms with E-state index in [-0.39, 0.29) is 5.08 Å². The number of rotatable bonds is 4. The van der Waals surface area contributed by atoms with E-state index in [0.29, 0.717) is 0 Å². The largest absolute Gasteiger partial charge is 0.480 e. The number of hydrazone groups is 1. The minimum absolute atomic E-state index is 0.104. The first-order chi connectivity index (χ1) is 12.6. The maximum Gasteiger partial charge on any atom is 0.320 e.